The smallest absolute Gasteiger partial charge is 0.285 e. The first kappa shape index (κ1) is 18.6. The molecule has 0 spiro atoms. The average Bonchev–Trinajstić information content (AvgIpc) is 2.73. The van der Waals surface area contributed by atoms with Crippen molar-refractivity contribution < 1.29 is 4.80 Å². The lowest BCUT2D eigenvalue weighted by Crippen LogP contribution is -2.67. The van der Waals surface area contributed by atoms with Gasteiger partial charge in [0.2, 0.25) is 0 Å². The fraction of sp³-hybridized carbons (Fsp3) is 0.250. The van der Waals surface area contributed by atoms with Gasteiger partial charge < -0.3 is 4.80 Å². The summed E-state index contributed by atoms with van der Waals surface area (Å²) in [6.45, 7) is 6.47. The Morgan fingerprint density at radius 1 is 0.500 bits per heavy atom. The van der Waals surface area contributed by atoms with E-state index in [0.717, 1.165) is 34.8 Å². The summed E-state index contributed by atoms with van der Waals surface area (Å²) < 4.78 is 0. The molecule has 0 heterocycles. The third-order valence-electron chi connectivity index (χ3n) is 5.34. The van der Waals surface area contributed by atoms with Crippen LogP contribution in [-0.4, -0.2) is 13.1 Å². The van der Waals surface area contributed by atoms with Crippen molar-refractivity contribution >= 4 is 23.9 Å². The van der Waals surface area contributed by atoms with Gasteiger partial charge in [0.1, 0.15) is 0 Å². The highest BCUT2D eigenvalue weighted by Gasteiger charge is 2.38. The van der Waals surface area contributed by atoms with Crippen molar-refractivity contribution in [2.24, 2.45) is 0 Å². The Labute approximate surface area is 158 Å². The summed E-state index contributed by atoms with van der Waals surface area (Å²) in [5, 5.41) is 3.13. The zero-order chi connectivity index (χ0) is 18.6. The van der Waals surface area contributed by atoms with Crippen molar-refractivity contribution in [1.82, 2.24) is 0 Å². The molecule has 0 amide bonds. The lowest BCUT2D eigenvalue weighted by atomic mass is 10.2. The number of aryl methyl sites for hydroxylation is 3. The summed E-state index contributed by atoms with van der Waals surface area (Å²) in [4.78, 5) is 12.1. The van der Waals surface area contributed by atoms with Crippen molar-refractivity contribution in [3.63, 3.8) is 0 Å². The van der Waals surface area contributed by atoms with Gasteiger partial charge in [-0.2, -0.15) is 0 Å². The van der Waals surface area contributed by atoms with Gasteiger partial charge in [0.05, 0.1) is 0 Å². The molecule has 1 N–H and O–H groups in total. The Balaban J connectivity index is 2.15. The molecule has 3 rings (SSSR count). The first-order valence-corrected chi connectivity index (χ1v) is 11.6. The zero-order valence-corrected chi connectivity index (χ0v) is 17.0. The summed E-state index contributed by atoms with van der Waals surface area (Å²) in [5.41, 5.74) is 3.90. The molecular formula is C24H28OSi. The van der Waals surface area contributed by atoms with Gasteiger partial charge in [-0.1, -0.05) is 93.6 Å². The molecule has 0 unspecified atom stereocenters. The Bertz CT molecular complexity index is 717. The minimum Gasteiger partial charge on any atom is -0.421 e. The van der Waals surface area contributed by atoms with Gasteiger partial charge in [0, 0.05) is 0 Å². The number of rotatable bonds is 6. The van der Waals surface area contributed by atoms with E-state index in [2.05, 4.69) is 93.6 Å². The summed E-state index contributed by atoms with van der Waals surface area (Å²) in [6, 6.07) is 25.6. The molecule has 0 atom stereocenters. The maximum Gasteiger partial charge on any atom is 0.285 e. The Hall–Kier alpha value is -2.16. The van der Waals surface area contributed by atoms with E-state index in [1.54, 1.807) is 0 Å². The van der Waals surface area contributed by atoms with Gasteiger partial charge in [0.15, 0.2) is 0 Å². The van der Waals surface area contributed by atoms with E-state index < -0.39 is 8.32 Å². The lowest BCUT2D eigenvalue weighted by molar-refractivity contribution is 0.583. The van der Waals surface area contributed by atoms with E-state index in [1.165, 1.54) is 16.7 Å². The highest BCUT2D eigenvalue weighted by atomic mass is 28.4. The third kappa shape index (κ3) is 3.53. The summed E-state index contributed by atoms with van der Waals surface area (Å²) in [6.07, 6.45) is 3.03. The summed E-state index contributed by atoms with van der Waals surface area (Å²) in [5.74, 6) is 0. The molecule has 0 aromatic heterocycles. The largest absolute Gasteiger partial charge is 0.421 e. The van der Waals surface area contributed by atoms with E-state index in [-0.39, 0.29) is 0 Å². The zero-order valence-electron chi connectivity index (χ0n) is 16.0. The average molecular weight is 361 g/mol. The van der Waals surface area contributed by atoms with Gasteiger partial charge in [0.25, 0.3) is 8.32 Å². The van der Waals surface area contributed by atoms with Crippen LogP contribution in [0.4, 0.5) is 0 Å². The fourth-order valence-electron chi connectivity index (χ4n) is 3.44. The maximum atomic E-state index is 12.1. The minimum absolute atomic E-state index is 1.01. The van der Waals surface area contributed by atoms with E-state index in [9.17, 15) is 4.80 Å². The van der Waals surface area contributed by atoms with Crippen LogP contribution in [0.15, 0.2) is 72.8 Å². The van der Waals surface area contributed by atoms with Crippen molar-refractivity contribution in [2.45, 2.75) is 40.0 Å². The first-order chi connectivity index (χ1) is 12.6. The van der Waals surface area contributed by atoms with Gasteiger partial charge in [-0.05, 0) is 51.5 Å². The van der Waals surface area contributed by atoms with Crippen LogP contribution in [0, 0.1) is 0 Å². The molecule has 0 saturated heterocycles. The first-order valence-electron chi connectivity index (χ1n) is 9.62. The second kappa shape index (κ2) is 8.03. The third-order valence-corrected chi connectivity index (χ3v) is 8.85. The van der Waals surface area contributed by atoms with E-state index >= 15 is 0 Å². The Morgan fingerprint density at radius 3 is 0.923 bits per heavy atom. The fourth-order valence-corrected chi connectivity index (χ4v) is 6.39. The van der Waals surface area contributed by atoms with Crippen molar-refractivity contribution in [3.8, 4) is 0 Å². The van der Waals surface area contributed by atoms with E-state index in [0.29, 0.717) is 0 Å². The molecule has 0 saturated carbocycles. The van der Waals surface area contributed by atoms with Crippen molar-refractivity contribution in [1.29, 1.82) is 0 Å². The van der Waals surface area contributed by atoms with Gasteiger partial charge >= 0.3 is 0 Å². The monoisotopic (exact) mass is 360 g/mol. The molecule has 2 heteroatoms. The molecule has 26 heavy (non-hydrogen) atoms. The van der Waals surface area contributed by atoms with Crippen molar-refractivity contribution in [3.05, 3.63) is 89.5 Å². The Kier molecular flexibility index (Phi) is 5.75. The van der Waals surface area contributed by atoms with E-state index in [1.807, 2.05) is 0 Å². The lowest BCUT2D eigenvalue weighted by Gasteiger charge is -2.27. The minimum atomic E-state index is -2.98. The standard InChI is InChI=1S/C24H28OSi/c1-4-19-7-13-22(14-8-19)26(25,23-15-9-20(5-2)10-16-23)24-17-11-21(6-3)12-18-24/h7-18,25H,4-6H2,1-3H3. The molecule has 1 nitrogen and oxygen atoms in total. The number of benzene rings is 3. The second-order valence-corrected chi connectivity index (χ2v) is 10.0. The van der Waals surface area contributed by atoms with E-state index in [4.69, 9.17) is 0 Å². The topological polar surface area (TPSA) is 20.2 Å². The van der Waals surface area contributed by atoms with Crippen LogP contribution in [0.25, 0.3) is 0 Å². The predicted molar refractivity (Wildman–Crippen MR) is 114 cm³/mol. The molecule has 0 bridgehead atoms. The quantitative estimate of drug-likeness (QED) is 0.528. The highest BCUT2D eigenvalue weighted by Crippen LogP contribution is 2.09. The number of hydrogen-bond acceptors (Lipinski definition) is 1. The molecule has 0 aliphatic carbocycles. The summed E-state index contributed by atoms with van der Waals surface area (Å²) >= 11 is 0. The van der Waals surface area contributed by atoms with Crippen LogP contribution in [0.1, 0.15) is 37.5 Å². The van der Waals surface area contributed by atoms with Crippen LogP contribution in [0.5, 0.6) is 0 Å². The molecule has 3 aromatic rings. The molecule has 0 aliphatic heterocycles. The Morgan fingerprint density at radius 2 is 0.731 bits per heavy atom. The van der Waals surface area contributed by atoms with Crippen LogP contribution >= 0.6 is 0 Å². The highest BCUT2D eigenvalue weighted by molar-refractivity contribution is 7.06. The van der Waals surface area contributed by atoms with Crippen molar-refractivity contribution in [2.75, 3.05) is 0 Å². The van der Waals surface area contributed by atoms with Crippen LogP contribution in [0.2, 0.25) is 0 Å². The van der Waals surface area contributed by atoms with Gasteiger partial charge in [-0.25, -0.2) is 0 Å². The summed E-state index contributed by atoms with van der Waals surface area (Å²) in [7, 11) is -2.98. The molecule has 0 radical (unpaired) electrons. The predicted octanol–water partition coefficient (Wildman–Crippen LogP) is 3.33. The molecular weight excluding hydrogens is 332 g/mol. The van der Waals surface area contributed by atoms with Gasteiger partial charge in [-0.15, -0.1) is 0 Å². The molecule has 3 aromatic carbocycles. The molecule has 134 valence electrons. The second-order valence-electron chi connectivity index (χ2n) is 6.86. The van der Waals surface area contributed by atoms with Crippen LogP contribution < -0.4 is 15.6 Å². The van der Waals surface area contributed by atoms with Crippen LogP contribution in [0.3, 0.4) is 0 Å². The molecule has 0 fully saturated rings. The molecule has 0 aliphatic rings. The number of hydrogen-bond donors (Lipinski definition) is 1. The SMILES string of the molecule is CCc1ccc([Si](O)(c2ccc(CC)cc2)c2ccc(CC)cc2)cc1. The normalized spacial score (nSPS) is 11.5. The maximum absolute atomic E-state index is 12.1. The van der Waals surface area contributed by atoms with Crippen LogP contribution in [-0.2, 0) is 19.3 Å². The van der Waals surface area contributed by atoms with Gasteiger partial charge in [-0.3, -0.25) is 0 Å².